The number of nitrogens with zero attached hydrogens (tertiary/aromatic N) is 2. The molecule has 2 aromatic carbocycles. The van der Waals surface area contributed by atoms with Crippen molar-refractivity contribution in [3.05, 3.63) is 82.8 Å². The van der Waals surface area contributed by atoms with E-state index in [4.69, 9.17) is 16.3 Å². The van der Waals surface area contributed by atoms with Gasteiger partial charge in [-0.2, -0.15) is 0 Å². The third-order valence-electron chi connectivity index (χ3n) is 8.67. The molecule has 1 spiro atoms. The summed E-state index contributed by atoms with van der Waals surface area (Å²) in [5.41, 5.74) is 3.58. The van der Waals surface area contributed by atoms with Gasteiger partial charge in [0.25, 0.3) is 0 Å². The topological polar surface area (TPSA) is 84.3 Å². The number of carboxylic acids is 1. The van der Waals surface area contributed by atoms with Gasteiger partial charge in [-0.1, -0.05) is 55.8 Å². The van der Waals surface area contributed by atoms with Crippen molar-refractivity contribution in [1.82, 2.24) is 9.97 Å². The van der Waals surface area contributed by atoms with E-state index >= 15 is 0 Å². The molecule has 7 heteroatoms. The SMILES string of the molecule is CC(C)c1cncnc1OCCCC1Cc2ccccc2C12CCC(Nc1cccc(Cl)c1)(C(=O)O)CC2. The molecule has 0 aliphatic heterocycles. The van der Waals surface area contributed by atoms with Gasteiger partial charge in [-0.05, 0) is 91.5 Å². The minimum Gasteiger partial charge on any atom is -0.480 e. The second-order valence-electron chi connectivity index (χ2n) is 11.2. The Bertz CT molecular complexity index is 1290. The van der Waals surface area contributed by atoms with Crippen LogP contribution in [0.25, 0.3) is 0 Å². The number of halogens is 1. The largest absolute Gasteiger partial charge is 0.480 e. The number of aliphatic carboxylic acids is 1. The number of rotatable bonds is 9. The summed E-state index contributed by atoms with van der Waals surface area (Å²) < 4.78 is 6.10. The van der Waals surface area contributed by atoms with Crippen LogP contribution in [0, 0.1) is 5.92 Å². The van der Waals surface area contributed by atoms with Gasteiger partial charge in [0.1, 0.15) is 11.9 Å². The lowest BCUT2D eigenvalue weighted by Gasteiger charge is -2.47. The van der Waals surface area contributed by atoms with Gasteiger partial charge in [-0.25, -0.2) is 14.8 Å². The molecule has 2 aliphatic carbocycles. The first-order chi connectivity index (χ1) is 18.3. The maximum absolute atomic E-state index is 12.6. The zero-order chi connectivity index (χ0) is 26.8. The number of nitrogens with one attached hydrogen (secondary N) is 1. The highest BCUT2D eigenvalue weighted by Gasteiger charge is 2.53. The number of hydrogen-bond acceptors (Lipinski definition) is 5. The van der Waals surface area contributed by atoms with Crippen molar-refractivity contribution in [3.63, 3.8) is 0 Å². The molecule has 0 amide bonds. The number of ether oxygens (including phenoxy) is 1. The Hall–Kier alpha value is -3.12. The molecule has 1 aromatic heterocycles. The molecule has 1 saturated carbocycles. The predicted molar refractivity (Wildman–Crippen MR) is 150 cm³/mol. The highest BCUT2D eigenvalue weighted by atomic mass is 35.5. The number of carbonyl (C=O) groups is 1. The summed E-state index contributed by atoms with van der Waals surface area (Å²) >= 11 is 6.18. The third kappa shape index (κ3) is 5.11. The van der Waals surface area contributed by atoms with E-state index in [1.807, 2.05) is 18.3 Å². The Morgan fingerprint density at radius 3 is 2.68 bits per heavy atom. The molecule has 200 valence electrons. The summed E-state index contributed by atoms with van der Waals surface area (Å²) in [7, 11) is 0. The van der Waals surface area contributed by atoms with Gasteiger partial charge < -0.3 is 15.2 Å². The lowest BCUT2D eigenvalue weighted by Crippen LogP contribution is -2.53. The number of fused-ring (bicyclic) bond motifs is 2. The average Bonchev–Trinajstić information content (AvgIpc) is 3.21. The highest BCUT2D eigenvalue weighted by Crippen LogP contribution is 2.55. The van der Waals surface area contributed by atoms with Crippen LogP contribution in [-0.2, 0) is 16.6 Å². The van der Waals surface area contributed by atoms with E-state index in [0.29, 0.717) is 42.2 Å². The van der Waals surface area contributed by atoms with Crippen LogP contribution in [0.3, 0.4) is 0 Å². The Morgan fingerprint density at radius 2 is 1.95 bits per heavy atom. The standard InChI is InChI=1S/C31H36ClN3O3/c1-21(2)26-19-33-20-34-28(26)38-16-6-8-23-17-22-7-3-4-11-27(22)30(23)12-14-31(15-13-30,29(36)37)35-25-10-5-9-24(32)18-25/h3-5,7,9-11,18-21,23,35H,6,8,12-17H2,1-2H3,(H,36,37). The Labute approximate surface area is 229 Å². The zero-order valence-corrected chi connectivity index (χ0v) is 22.9. The average molecular weight is 534 g/mol. The van der Waals surface area contributed by atoms with Crippen molar-refractivity contribution in [2.45, 2.75) is 75.7 Å². The first-order valence-electron chi connectivity index (χ1n) is 13.6. The summed E-state index contributed by atoms with van der Waals surface area (Å²) in [6, 6.07) is 16.1. The van der Waals surface area contributed by atoms with Crippen molar-refractivity contribution >= 4 is 23.3 Å². The molecular weight excluding hydrogens is 498 g/mol. The molecular formula is C31H36ClN3O3. The van der Waals surface area contributed by atoms with E-state index in [0.717, 1.165) is 43.4 Å². The van der Waals surface area contributed by atoms with Gasteiger partial charge in [0.2, 0.25) is 5.88 Å². The number of carboxylic acid groups (broad SMARTS) is 1. The summed E-state index contributed by atoms with van der Waals surface area (Å²) in [6.45, 7) is 4.84. The van der Waals surface area contributed by atoms with Crippen LogP contribution in [0.15, 0.2) is 61.1 Å². The molecule has 1 atom stereocenters. The minimum atomic E-state index is -0.999. The van der Waals surface area contributed by atoms with E-state index in [-0.39, 0.29) is 5.41 Å². The van der Waals surface area contributed by atoms with Crippen LogP contribution < -0.4 is 10.1 Å². The summed E-state index contributed by atoms with van der Waals surface area (Å²) in [4.78, 5) is 21.1. The number of aromatic nitrogens is 2. The number of anilines is 1. The quantitative estimate of drug-likeness (QED) is 0.287. The predicted octanol–water partition coefficient (Wildman–Crippen LogP) is 7.03. The van der Waals surface area contributed by atoms with Crippen LogP contribution in [0.1, 0.15) is 75.0 Å². The molecule has 2 N–H and O–H groups in total. The number of hydrogen-bond donors (Lipinski definition) is 2. The van der Waals surface area contributed by atoms with E-state index in [9.17, 15) is 9.90 Å². The Kier molecular flexibility index (Phi) is 7.62. The van der Waals surface area contributed by atoms with Crippen molar-refractivity contribution in [2.75, 3.05) is 11.9 Å². The first-order valence-corrected chi connectivity index (χ1v) is 14.0. The van der Waals surface area contributed by atoms with Crippen molar-refractivity contribution in [1.29, 1.82) is 0 Å². The fourth-order valence-electron chi connectivity index (χ4n) is 6.62. The lowest BCUT2D eigenvalue weighted by molar-refractivity contribution is -0.144. The molecule has 38 heavy (non-hydrogen) atoms. The van der Waals surface area contributed by atoms with Crippen LogP contribution in [-0.4, -0.2) is 33.2 Å². The minimum absolute atomic E-state index is 0.0104. The zero-order valence-electron chi connectivity index (χ0n) is 22.1. The maximum atomic E-state index is 12.6. The Morgan fingerprint density at radius 1 is 1.16 bits per heavy atom. The molecule has 6 nitrogen and oxygen atoms in total. The monoisotopic (exact) mass is 533 g/mol. The summed E-state index contributed by atoms with van der Waals surface area (Å²) in [5, 5.41) is 14.3. The molecule has 0 bridgehead atoms. The van der Waals surface area contributed by atoms with E-state index in [1.54, 1.807) is 12.1 Å². The molecule has 1 heterocycles. The van der Waals surface area contributed by atoms with Crippen molar-refractivity contribution in [2.24, 2.45) is 5.92 Å². The van der Waals surface area contributed by atoms with Crippen molar-refractivity contribution < 1.29 is 14.6 Å². The van der Waals surface area contributed by atoms with Gasteiger partial charge in [-0.15, -0.1) is 0 Å². The lowest BCUT2D eigenvalue weighted by atomic mass is 9.60. The van der Waals surface area contributed by atoms with Gasteiger partial charge >= 0.3 is 5.97 Å². The maximum Gasteiger partial charge on any atom is 0.329 e. The van der Waals surface area contributed by atoms with E-state index in [1.165, 1.54) is 17.5 Å². The molecule has 3 aromatic rings. The van der Waals surface area contributed by atoms with Crippen LogP contribution in [0.5, 0.6) is 5.88 Å². The molecule has 0 saturated heterocycles. The second kappa shape index (κ2) is 10.9. The molecule has 5 rings (SSSR count). The number of benzene rings is 2. The molecule has 2 aliphatic rings. The molecule has 0 radical (unpaired) electrons. The van der Waals surface area contributed by atoms with Crippen LogP contribution >= 0.6 is 11.6 Å². The highest BCUT2D eigenvalue weighted by molar-refractivity contribution is 6.30. The van der Waals surface area contributed by atoms with Gasteiger partial charge in [-0.3, -0.25) is 0 Å². The first kappa shape index (κ1) is 26.5. The van der Waals surface area contributed by atoms with E-state index in [2.05, 4.69) is 53.4 Å². The van der Waals surface area contributed by atoms with E-state index < -0.39 is 11.5 Å². The normalized spacial score (nSPS) is 24.4. The molecule has 1 fully saturated rings. The molecule has 1 unspecified atom stereocenters. The van der Waals surface area contributed by atoms with Crippen LogP contribution in [0.4, 0.5) is 5.69 Å². The van der Waals surface area contributed by atoms with Crippen molar-refractivity contribution in [3.8, 4) is 5.88 Å². The van der Waals surface area contributed by atoms with Gasteiger partial charge in [0.15, 0.2) is 0 Å². The van der Waals surface area contributed by atoms with Gasteiger partial charge in [0.05, 0.1) is 6.61 Å². The van der Waals surface area contributed by atoms with Gasteiger partial charge in [0, 0.05) is 22.5 Å². The third-order valence-corrected chi connectivity index (χ3v) is 8.91. The fourth-order valence-corrected chi connectivity index (χ4v) is 6.81. The Balaban J connectivity index is 1.30. The van der Waals surface area contributed by atoms with Crippen LogP contribution in [0.2, 0.25) is 5.02 Å². The second-order valence-corrected chi connectivity index (χ2v) is 11.6. The summed E-state index contributed by atoms with van der Waals surface area (Å²) in [6.07, 6.45) is 9.15. The summed E-state index contributed by atoms with van der Waals surface area (Å²) in [5.74, 6) is 0.636. The fraction of sp³-hybridized carbons (Fsp3) is 0.452. The smallest absolute Gasteiger partial charge is 0.329 e.